The summed E-state index contributed by atoms with van der Waals surface area (Å²) in [6.45, 7) is -0.174. The Bertz CT molecular complexity index is 340. The highest BCUT2D eigenvalue weighted by molar-refractivity contribution is 5.37. The zero-order valence-corrected chi connectivity index (χ0v) is 7.48. The monoisotopic (exact) mass is 198 g/mol. The van der Waals surface area contributed by atoms with Crippen LogP contribution in [-0.4, -0.2) is 22.9 Å². The molecule has 0 saturated carbocycles. The predicted molar refractivity (Wildman–Crippen MR) is 47.5 cm³/mol. The van der Waals surface area contributed by atoms with E-state index in [1.54, 1.807) is 0 Å². The first-order valence-electron chi connectivity index (χ1n) is 4.45. The van der Waals surface area contributed by atoms with Crippen molar-refractivity contribution in [1.82, 2.24) is 0 Å². The Morgan fingerprint density at radius 3 is 3.00 bits per heavy atom. The number of hydrogen-bond donors (Lipinski definition) is 2. The van der Waals surface area contributed by atoms with Gasteiger partial charge in [-0.1, -0.05) is 0 Å². The minimum atomic E-state index is -0.684. The molecule has 4 heteroatoms. The van der Waals surface area contributed by atoms with Gasteiger partial charge in [0.1, 0.15) is 17.7 Å². The molecule has 0 aromatic heterocycles. The molecular weight excluding hydrogens is 187 g/mol. The smallest absolute Gasteiger partial charge is 0.128 e. The fraction of sp³-hybridized carbons (Fsp3) is 0.400. The highest BCUT2D eigenvalue weighted by Crippen LogP contribution is 2.34. The van der Waals surface area contributed by atoms with Gasteiger partial charge in [-0.05, 0) is 12.1 Å². The van der Waals surface area contributed by atoms with E-state index in [-0.39, 0.29) is 6.61 Å². The average molecular weight is 198 g/mol. The van der Waals surface area contributed by atoms with Crippen LogP contribution >= 0.6 is 0 Å². The van der Waals surface area contributed by atoms with Gasteiger partial charge in [0, 0.05) is 18.1 Å². The Kier molecular flexibility index (Phi) is 2.39. The topological polar surface area (TPSA) is 49.7 Å². The summed E-state index contributed by atoms with van der Waals surface area (Å²) in [5.74, 6) is -0.0858. The Morgan fingerprint density at radius 1 is 1.50 bits per heavy atom. The van der Waals surface area contributed by atoms with Crippen molar-refractivity contribution in [3.05, 3.63) is 29.6 Å². The molecular formula is C10H11FO3. The van der Waals surface area contributed by atoms with E-state index in [1.165, 1.54) is 18.2 Å². The molecule has 2 atom stereocenters. The minimum Gasteiger partial charge on any atom is -0.487 e. The van der Waals surface area contributed by atoms with Crippen molar-refractivity contribution in [2.45, 2.75) is 18.6 Å². The van der Waals surface area contributed by atoms with Crippen LogP contribution in [0.25, 0.3) is 0 Å². The third-order valence-corrected chi connectivity index (χ3v) is 2.32. The standard InChI is InChI=1S/C10H11FO3/c11-6-1-2-8-9(13)4-7(5-12)14-10(8)3-6/h1-3,7,9,12-13H,4-5H2/t7?,9-/m1/s1. The van der Waals surface area contributed by atoms with Crippen LogP contribution in [0.3, 0.4) is 0 Å². The quantitative estimate of drug-likeness (QED) is 0.707. The van der Waals surface area contributed by atoms with E-state index in [4.69, 9.17) is 9.84 Å². The maximum absolute atomic E-state index is 12.8. The molecule has 0 aliphatic carbocycles. The molecule has 1 aromatic rings. The van der Waals surface area contributed by atoms with Crippen LogP contribution in [0.5, 0.6) is 5.75 Å². The molecule has 0 radical (unpaired) electrons. The summed E-state index contributed by atoms with van der Waals surface area (Å²) >= 11 is 0. The fourth-order valence-corrected chi connectivity index (χ4v) is 1.60. The van der Waals surface area contributed by atoms with E-state index in [9.17, 15) is 9.50 Å². The Balaban J connectivity index is 2.35. The van der Waals surface area contributed by atoms with Gasteiger partial charge < -0.3 is 14.9 Å². The van der Waals surface area contributed by atoms with Crippen molar-refractivity contribution in [2.24, 2.45) is 0 Å². The fourth-order valence-electron chi connectivity index (χ4n) is 1.60. The summed E-state index contributed by atoms with van der Waals surface area (Å²) in [7, 11) is 0. The van der Waals surface area contributed by atoms with E-state index in [1.807, 2.05) is 0 Å². The molecule has 0 spiro atoms. The van der Waals surface area contributed by atoms with Crippen molar-refractivity contribution >= 4 is 0 Å². The number of hydrogen-bond acceptors (Lipinski definition) is 3. The molecule has 1 unspecified atom stereocenters. The summed E-state index contributed by atoms with van der Waals surface area (Å²) in [4.78, 5) is 0. The van der Waals surface area contributed by atoms with Crippen LogP contribution in [0, 0.1) is 5.82 Å². The molecule has 2 N–H and O–H groups in total. The summed E-state index contributed by atoms with van der Waals surface area (Å²) in [5, 5.41) is 18.5. The zero-order valence-electron chi connectivity index (χ0n) is 7.48. The molecule has 0 fully saturated rings. The molecule has 1 aliphatic heterocycles. The Labute approximate surface area is 80.8 Å². The van der Waals surface area contributed by atoms with Crippen LogP contribution in [0.1, 0.15) is 18.1 Å². The first-order valence-corrected chi connectivity index (χ1v) is 4.45. The van der Waals surface area contributed by atoms with E-state index >= 15 is 0 Å². The van der Waals surface area contributed by atoms with Crippen LogP contribution < -0.4 is 4.74 Å². The second-order valence-corrected chi connectivity index (χ2v) is 3.36. The summed E-state index contributed by atoms with van der Waals surface area (Å²) in [6.07, 6.45) is -0.786. The van der Waals surface area contributed by atoms with Crippen molar-refractivity contribution in [3.8, 4) is 5.75 Å². The second kappa shape index (κ2) is 3.55. The second-order valence-electron chi connectivity index (χ2n) is 3.36. The van der Waals surface area contributed by atoms with Crippen LogP contribution in [0.2, 0.25) is 0 Å². The van der Waals surface area contributed by atoms with E-state index in [0.717, 1.165) is 0 Å². The maximum atomic E-state index is 12.8. The highest BCUT2D eigenvalue weighted by atomic mass is 19.1. The summed E-state index contributed by atoms with van der Waals surface area (Å²) in [6, 6.07) is 4.01. The number of aliphatic hydroxyl groups excluding tert-OH is 2. The molecule has 1 heterocycles. The Hall–Kier alpha value is -1.13. The minimum absolute atomic E-state index is 0.174. The third-order valence-electron chi connectivity index (χ3n) is 2.32. The van der Waals surface area contributed by atoms with E-state index in [2.05, 4.69) is 0 Å². The third kappa shape index (κ3) is 1.58. The van der Waals surface area contributed by atoms with Gasteiger partial charge in [-0.2, -0.15) is 0 Å². The number of aliphatic hydroxyl groups is 2. The summed E-state index contributed by atoms with van der Waals surface area (Å²) < 4.78 is 18.1. The molecule has 76 valence electrons. The van der Waals surface area contributed by atoms with Crippen LogP contribution in [-0.2, 0) is 0 Å². The first-order chi connectivity index (χ1) is 6.70. The predicted octanol–water partition coefficient (Wildman–Crippen LogP) is 1.00. The van der Waals surface area contributed by atoms with Crippen molar-refractivity contribution in [3.63, 3.8) is 0 Å². The molecule has 14 heavy (non-hydrogen) atoms. The number of fused-ring (bicyclic) bond motifs is 1. The number of halogens is 1. The molecule has 2 rings (SSSR count). The number of rotatable bonds is 1. The van der Waals surface area contributed by atoms with Gasteiger partial charge in [-0.3, -0.25) is 0 Å². The normalized spacial score (nSPS) is 25.4. The van der Waals surface area contributed by atoms with E-state index in [0.29, 0.717) is 17.7 Å². The molecule has 0 amide bonds. The SMILES string of the molecule is OCC1C[C@@H](O)c2ccc(F)cc2O1. The van der Waals surface area contributed by atoms with Gasteiger partial charge in [0.05, 0.1) is 12.7 Å². The lowest BCUT2D eigenvalue weighted by atomic mass is 9.99. The summed E-state index contributed by atoms with van der Waals surface area (Å²) in [5.41, 5.74) is 0.580. The van der Waals surface area contributed by atoms with Crippen LogP contribution in [0.15, 0.2) is 18.2 Å². The first kappa shape index (κ1) is 9.43. The van der Waals surface area contributed by atoms with Crippen LogP contribution in [0.4, 0.5) is 4.39 Å². The lowest BCUT2D eigenvalue weighted by Gasteiger charge is -2.28. The van der Waals surface area contributed by atoms with Crippen molar-refractivity contribution in [1.29, 1.82) is 0 Å². The van der Waals surface area contributed by atoms with Gasteiger partial charge >= 0.3 is 0 Å². The molecule has 3 nitrogen and oxygen atoms in total. The van der Waals surface area contributed by atoms with Gasteiger partial charge in [0.2, 0.25) is 0 Å². The van der Waals surface area contributed by atoms with Gasteiger partial charge in [-0.15, -0.1) is 0 Å². The Morgan fingerprint density at radius 2 is 2.29 bits per heavy atom. The number of ether oxygens (including phenoxy) is 1. The van der Waals surface area contributed by atoms with Crippen molar-refractivity contribution in [2.75, 3.05) is 6.61 Å². The highest BCUT2D eigenvalue weighted by Gasteiger charge is 2.26. The largest absolute Gasteiger partial charge is 0.487 e. The molecule has 0 bridgehead atoms. The average Bonchev–Trinajstić information content (AvgIpc) is 2.16. The van der Waals surface area contributed by atoms with E-state index < -0.39 is 18.0 Å². The molecule has 1 aromatic carbocycles. The number of benzene rings is 1. The van der Waals surface area contributed by atoms with Gasteiger partial charge in [-0.25, -0.2) is 4.39 Å². The van der Waals surface area contributed by atoms with Gasteiger partial charge in [0.25, 0.3) is 0 Å². The molecule has 0 saturated heterocycles. The lowest BCUT2D eigenvalue weighted by Crippen LogP contribution is -2.28. The maximum Gasteiger partial charge on any atom is 0.128 e. The van der Waals surface area contributed by atoms with Crippen molar-refractivity contribution < 1.29 is 19.3 Å². The lowest BCUT2D eigenvalue weighted by molar-refractivity contribution is 0.0330. The van der Waals surface area contributed by atoms with Gasteiger partial charge in [0.15, 0.2) is 0 Å². The zero-order chi connectivity index (χ0) is 10.1. The molecule has 1 aliphatic rings.